The first-order chi connectivity index (χ1) is 5.88. The van der Waals surface area contributed by atoms with Crippen molar-refractivity contribution in [3.63, 3.8) is 0 Å². The highest BCUT2D eigenvalue weighted by molar-refractivity contribution is 5.54. The smallest absolute Gasteiger partial charge is 0.205 e. The molecule has 0 aliphatic carbocycles. The Kier molecular flexibility index (Phi) is 1.59. The van der Waals surface area contributed by atoms with Crippen LogP contribution in [-0.4, -0.2) is 15.4 Å². The summed E-state index contributed by atoms with van der Waals surface area (Å²) in [6.07, 6.45) is 3.26. The van der Waals surface area contributed by atoms with E-state index in [2.05, 4.69) is 15.4 Å². The second kappa shape index (κ2) is 2.73. The molecule has 0 amide bonds. The summed E-state index contributed by atoms with van der Waals surface area (Å²) in [5.74, 6) is 0.605. The van der Waals surface area contributed by atoms with E-state index in [0.717, 1.165) is 11.3 Å². The zero-order valence-electron chi connectivity index (χ0n) is 6.56. The number of pyridine rings is 1. The topological polar surface area (TPSA) is 51.8 Å². The van der Waals surface area contributed by atoms with Gasteiger partial charge in [-0.05, 0) is 18.6 Å². The maximum atomic E-state index is 4.88. The van der Waals surface area contributed by atoms with Gasteiger partial charge in [-0.25, -0.2) is 0 Å². The molecule has 60 valence electrons. The number of hydrogen-bond donors (Lipinski definition) is 0. The van der Waals surface area contributed by atoms with E-state index in [1.807, 2.05) is 19.1 Å². The highest BCUT2D eigenvalue weighted by Gasteiger charge is 2.05. The van der Waals surface area contributed by atoms with E-state index in [0.29, 0.717) is 5.76 Å². The van der Waals surface area contributed by atoms with E-state index in [1.54, 1.807) is 12.4 Å². The van der Waals surface area contributed by atoms with Gasteiger partial charge in [0.2, 0.25) is 5.76 Å². The molecular formula is C8H7N3O. The Labute approximate surface area is 69.2 Å². The van der Waals surface area contributed by atoms with Crippen LogP contribution in [0, 0.1) is 6.92 Å². The number of aromatic nitrogens is 3. The van der Waals surface area contributed by atoms with E-state index >= 15 is 0 Å². The normalized spacial score (nSPS) is 10.1. The van der Waals surface area contributed by atoms with Gasteiger partial charge in [-0.3, -0.25) is 4.98 Å². The minimum absolute atomic E-state index is 0.605. The predicted octanol–water partition coefficient (Wildman–Crippen LogP) is 1.44. The molecule has 2 rings (SSSR count). The fraction of sp³-hybridized carbons (Fsp3) is 0.125. The lowest BCUT2D eigenvalue weighted by molar-refractivity contribution is 0.402. The van der Waals surface area contributed by atoms with Crippen molar-refractivity contribution in [2.24, 2.45) is 0 Å². The third-order valence-corrected chi connectivity index (χ3v) is 1.60. The summed E-state index contributed by atoms with van der Waals surface area (Å²) in [5, 5.41) is 6.96. The molecule has 4 heteroatoms. The van der Waals surface area contributed by atoms with Gasteiger partial charge in [0, 0.05) is 11.5 Å². The molecule has 0 spiro atoms. The molecule has 0 aromatic carbocycles. The summed E-state index contributed by atoms with van der Waals surface area (Å²) in [6.45, 7) is 1.96. The number of aryl methyl sites for hydroxylation is 1. The van der Waals surface area contributed by atoms with Crippen LogP contribution in [0.25, 0.3) is 11.5 Å². The highest BCUT2D eigenvalue weighted by atomic mass is 16.5. The molecule has 2 aromatic rings. The summed E-state index contributed by atoms with van der Waals surface area (Å²) in [4.78, 5) is 4.15. The molecular weight excluding hydrogens is 154 g/mol. The molecule has 4 nitrogen and oxygen atoms in total. The van der Waals surface area contributed by atoms with Crippen LogP contribution in [-0.2, 0) is 0 Å². The van der Waals surface area contributed by atoms with Crippen molar-refractivity contribution < 1.29 is 4.52 Å². The summed E-state index contributed by atoms with van der Waals surface area (Å²) < 4.78 is 4.88. The maximum Gasteiger partial charge on any atom is 0.205 e. The van der Waals surface area contributed by atoms with Crippen LogP contribution in [0.5, 0.6) is 0 Å². The zero-order chi connectivity index (χ0) is 8.39. The van der Waals surface area contributed by atoms with E-state index in [9.17, 15) is 0 Å². The van der Waals surface area contributed by atoms with Gasteiger partial charge in [-0.1, -0.05) is 6.07 Å². The van der Waals surface area contributed by atoms with Crippen LogP contribution in [0.4, 0.5) is 0 Å². The summed E-state index contributed by atoms with van der Waals surface area (Å²) in [6, 6.07) is 3.84. The van der Waals surface area contributed by atoms with Crippen LogP contribution in [0.1, 0.15) is 5.56 Å². The lowest BCUT2D eigenvalue weighted by Gasteiger charge is -1.96. The Morgan fingerprint density at radius 3 is 3.00 bits per heavy atom. The van der Waals surface area contributed by atoms with Gasteiger partial charge in [-0.15, -0.1) is 5.10 Å². The molecule has 0 saturated heterocycles. The van der Waals surface area contributed by atoms with Crippen LogP contribution in [0.3, 0.4) is 0 Å². The maximum absolute atomic E-state index is 4.88. The van der Waals surface area contributed by atoms with E-state index in [1.165, 1.54) is 0 Å². The minimum Gasteiger partial charge on any atom is -0.335 e. The molecule has 0 radical (unpaired) electrons. The van der Waals surface area contributed by atoms with Gasteiger partial charge in [0.25, 0.3) is 0 Å². The van der Waals surface area contributed by atoms with Crippen molar-refractivity contribution in [1.29, 1.82) is 0 Å². The molecule has 0 saturated carbocycles. The van der Waals surface area contributed by atoms with Gasteiger partial charge in [-0.2, -0.15) is 0 Å². The van der Waals surface area contributed by atoms with Crippen molar-refractivity contribution in [3.8, 4) is 11.5 Å². The molecule has 0 aliphatic heterocycles. The van der Waals surface area contributed by atoms with Gasteiger partial charge in [0.15, 0.2) is 0 Å². The summed E-state index contributed by atoms with van der Waals surface area (Å²) in [5.41, 5.74) is 1.85. The quantitative estimate of drug-likeness (QED) is 0.635. The van der Waals surface area contributed by atoms with E-state index < -0.39 is 0 Å². The average molecular weight is 161 g/mol. The average Bonchev–Trinajstić information content (AvgIpc) is 2.57. The van der Waals surface area contributed by atoms with Crippen LogP contribution in [0.15, 0.2) is 29.0 Å². The molecule has 0 atom stereocenters. The Morgan fingerprint density at radius 1 is 1.42 bits per heavy atom. The SMILES string of the molecule is Cc1cccnc1-c1cnno1. The minimum atomic E-state index is 0.605. The Morgan fingerprint density at radius 2 is 2.33 bits per heavy atom. The number of nitrogens with zero attached hydrogens (tertiary/aromatic N) is 3. The van der Waals surface area contributed by atoms with Crippen LogP contribution in [0.2, 0.25) is 0 Å². The monoisotopic (exact) mass is 161 g/mol. The van der Waals surface area contributed by atoms with Crippen molar-refractivity contribution in [3.05, 3.63) is 30.1 Å². The standard InChI is InChI=1S/C8H7N3O/c1-6-3-2-4-9-8(6)7-5-10-11-12-7/h2-5H,1H3. The first kappa shape index (κ1) is 6.97. The van der Waals surface area contributed by atoms with E-state index in [4.69, 9.17) is 4.52 Å². The van der Waals surface area contributed by atoms with Crippen LogP contribution >= 0.6 is 0 Å². The van der Waals surface area contributed by atoms with Crippen molar-refractivity contribution in [1.82, 2.24) is 15.4 Å². The largest absolute Gasteiger partial charge is 0.335 e. The predicted molar refractivity (Wildman–Crippen MR) is 42.3 cm³/mol. The zero-order valence-corrected chi connectivity index (χ0v) is 6.56. The fourth-order valence-electron chi connectivity index (χ4n) is 1.02. The molecule has 2 aromatic heterocycles. The first-order valence-corrected chi connectivity index (χ1v) is 3.57. The summed E-state index contributed by atoms with van der Waals surface area (Å²) in [7, 11) is 0. The van der Waals surface area contributed by atoms with Gasteiger partial charge in [0.05, 0.1) is 0 Å². The third kappa shape index (κ3) is 1.07. The molecule has 0 N–H and O–H groups in total. The van der Waals surface area contributed by atoms with Gasteiger partial charge < -0.3 is 4.52 Å². The Hall–Kier alpha value is -1.71. The molecule has 0 aliphatic rings. The number of rotatable bonds is 1. The van der Waals surface area contributed by atoms with E-state index in [-0.39, 0.29) is 0 Å². The van der Waals surface area contributed by atoms with Crippen molar-refractivity contribution in [2.75, 3.05) is 0 Å². The fourth-order valence-corrected chi connectivity index (χ4v) is 1.02. The van der Waals surface area contributed by atoms with Gasteiger partial charge >= 0.3 is 0 Å². The van der Waals surface area contributed by atoms with Gasteiger partial charge in [0.1, 0.15) is 11.9 Å². The molecule has 2 heterocycles. The third-order valence-electron chi connectivity index (χ3n) is 1.60. The highest BCUT2D eigenvalue weighted by Crippen LogP contribution is 2.17. The molecule has 12 heavy (non-hydrogen) atoms. The Balaban J connectivity index is 2.55. The lowest BCUT2D eigenvalue weighted by atomic mass is 10.2. The van der Waals surface area contributed by atoms with Crippen molar-refractivity contribution >= 4 is 0 Å². The molecule has 0 bridgehead atoms. The molecule has 0 unspecified atom stereocenters. The second-order valence-electron chi connectivity index (χ2n) is 2.45. The number of hydrogen-bond acceptors (Lipinski definition) is 4. The first-order valence-electron chi connectivity index (χ1n) is 3.57. The second-order valence-corrected chi connectivity index (χ2v) is 2.45. The van der Waals surface area contributed by atoms with Crippen molar-refractivity contribution in [2.45, 2.75) is 6.92 Å². The molecule has 0 fully saturated rings. The van der Waals surface area contributed by atoms with Crippen LogP contribution < -0.4 is 0 Å². The Bertz CT molecular complexity index is 370. The lowest BCUT2D eigenvalue weighted by Crippen LogP contribution is -1.84. The summed E-state index contributed by atoms with van der Waals surface area (Å²) >= 11 is 0.